The van der Waals surface area contributed by atoms with E-state index in [1.165, 1.54) is 30.3 Å². The van der Waals surface area contributed by atoms with E-state index in [1.807, 2.05) is 0 Å². The molecule has 1 aliphatic heterocycles. The molecular formula is C37H32N8O20S4. The van der Waals surface area contributed by atoms with Gasteiger partial charge in [0.15, 0.2) is 11.5 Å². The minimum Gasteiger partial charge on any atom is -0.505 e. The summed E-state index contributed by atoms with van der Waals surface area (Å²) in [6.45, 7) is 0.0893. The highest BCUT2D eigenvalue weighted by atomic mass is 32.2. The molecule has 5 aromatic rings. The predicted molar refractivity (Wildman–Crippen MR) is 233 cm³/mol. The van der Waals surface area contributed by atoms with Gasteiger partial charge in [0.2, 0.25) is 6.04 Å². The first-order valence-corrected chi connectivity index (χ1v) is 23.9. The van der Waals surface area contributed by atoms with Crippen molar-refractivity contribution in [2.75, 3.05) is 31.4 Å². The smallest absolute Gasteiger partial charge is 0.425 e. The Kier molecular flexibility index (Phi) is 16.4. The summed E-state index contributed by atoms with van der Waals surface area (Å²) in [7, 11) is -17.7. The molecule has 6 rings (SSSR count). The maximum atomic E-state index is 13.3. The highest BCUT2D eigenvalue weighted by molar-refractivity contribution is 7.86. The highest BCUT2D eigenvalue weighted by Crippen LogP contribution is 2.45. The van der Waals surface area contributed by atoms with Crippen LogP contribution in [0.5, 0.6) is 17.2 Å². The van der Waals surface area contributed by atoms with Gasteiger partial charge in [-0.25, -0.2) is 4.79 Å². The number of rotatable bonds is 17. The molecular weight excluding hydrogens is 1000 g/mol. The number of aliphatic hydroxyl groups excluding tert-OH is 2. The zero-order valence-electron chi connectivity index (χ0n) is 34.6. The van der Waals surface area contributed by atoms with Crippen LogP contribution in [0, 0.1) is 6.92 Å². The Morgan fingerprint density at radius 1 is 0.681 bits per heavy atom. The van der Waals surface area contributed by atoms with Crippen LogP contribution >= 0.6 is 0 Å². The third kappa shape index (κ3) is 12.9. The average molecular weight is 1040 g/mol. The van der Waals surface area contributed by atoms with Crippen molar-refractivity contribution in [1.29, 1.82) is 0 Å². The lowest BCUT2D eigenvalue weighted by molar-refractivity contribution is -0.130. The first kappa shape index (κ1) is 52.4. The number of phenolic OH excluding ortho intramolecular Hbond substituents is 1. The Morgan fingerprint density at radius 3 is 1.70 bits per heavy atom. The van der Waals surface area contributed by atoms with Gasteiger partial charge in [-0.2, -0.15) is 45.6 Å². The lowest BCUT2D eigenvalue weighted by Crippen LogP contribution is -2.33. The van der Waals surface area contributed by atoms with Gasteiger partial charge in [0.1, 0.15) is 62.9 Å². The Morgan fingerprint density at radius 2 is 1.19 bits per heavy atom. The third-order valence-corrected chi connectivity index (χ3v) is 11.5. The summed E-state index contributed by atoms with van der Waals surface area (Å²) in [6, 6.07) is 12.7. The fraction of sp³-hybridized carbons (Fsp3) is 0.162. The van der Waals surface area contributed by atoms with E-state index in [-0.39, 0.29) is 63.9 Å². The number of carboxylic acids is 1. The predicted octanol–water partition coefficient (Wildman–Crippen LogP) is 4.10. The fourth-order valence-corrected chi connectivity index (χ4v) is 7.92. The van der Waals surface area contributed by atoms with Crippen molar-refractivity contribution in [3.05, 3.63) is 84.4 Å². The summed E-state index contributed by atoms with van der Waals surface area (Å²) in [5.41, 5.74) is -1.86. The van der Waals surface area contributed by atoms with Gasteiger partial charge in [-0.1, -0.05) is 12.1 Å². The van der Waals surface area contributed by atoms with Crippen LogP contribution in [0.4, 0.5) is 34.1 Å². The number of azo groups is 3. The van der Waals surface area contributed by atoms with E-state index in [0.717, 1.165) is 48.5 Å². The minimum absolute atomic E-state index is 0.0967. The number of benzene rings is 5. The molecule has 7 N–H and O–H groups in total. The van der Waals surface area contributed by atoms with Gasteiger partial charge in [0.25, 0.3) is 36.3 Å². The van der Waals surface area contributed by atoms with E-state index < -0.39 is 104 Å². The molecule has 1 atom stereocenters. The van der Waals surface area contributed by atoms with E-state index in [2.05, 4.69) is 35.8 Å². The Bertz CT molecular complexity index is 3440. The normalized spacial score (nSPS) is 14.3. The van der Waals surface area contributed by atoms with Gasteiger partial charge in [-0.3, -0.25) is 18.5 Å². The Labute approximate surface area is 389 Å². The Hall–Kier alpha value is -7.56. The molecule has 1 amide bonds. The zero-order chi connectivity index (χ0) is 51.0. The lowest BCUT2D eigenvalue weighted by Gasteiger charge is -2.13. The molecule has 364 valence electrons. The van der Waals surface area contributed by atoms with Crippen LogP contribution in [0.1, 0.15) is 5.56 Å². The van der Waals surface area contributed by atoms with E-state index in [1.54, 1.807) is 6.92 Å². The van der Waals surface area contributed by atoms with Crippen molar-refractivity contribution in [3.63, 3.8) is 0 Å². The number of aromatic hydroxyl groups is 1. The summed E-state index contributed by atoms with van der Waals surface area (Å²) in [6.07, 6.45) is 0. The van der Waals surface area contributed by atoms with Crippen molar-refractivity contribution in [2.24, 2.45) is 35.8 Å². The van der Waals surface area contributed by atoms with Gasteiger partial charge >= 0.3 is 16.6 Å². The molecule has 0 aliphatic carbocycles. The number of aryl methyl sites for hydroxylation is 1. The maximum Gasteiger partial charge on any atom is 0.425 e. The molecule has 0 aromatic heterocycles. The third-order valence-electron chi connectivity index (χ3n) is 8.79. The first-order chi connectivity index (χ1) is 32.3. The number of fused-ring (bicyclic) bond motifs is 1. The van der Waals surface area contributed by atoms with Crippen LogP contribution < -0.4 is 14.5 Å². The van der Waals surface area contributed by atoms with Crippen LogP contribution in [0.3, 0.4) is 0 Å². The number of carbonyl (C=O) groups excluding carboxylic acids is 1. The number of amides is 1. The van der Waals surface area contributed by atoms with Crippen molar-refractivity contribution < 1.29 is 91.0 Å². The summed E-state index contributed by atoms with van der Waals surface area (Å²) in [4.78, 5) is 23.3. The summed E-state index contributed by atoms with van der Waals surface area (Å²) >= 11 is 0. The molecule has 0 spiro atoms. The van der Waals surface area contributed by atoms with Gasteiger partial charge in [0, 0.05) is 22.9 Å². The van der Waals surface area contributed by atoms with Gasteiger partial charge in [-0.05, 0) is 67.1 Å². The summed E-state index contributed by atoms with van der Waals surface area (Å²) < 4.78 is 138. The molecule has 1 unspecified atom stereocenters. The first-order valence-electron chi connectivity index (χ1n) is 18.6. The highest BCUT2D eigenvalue weighted by Gasteiger charge is 2.41. The molecule has 0 saturated carbocycles. The number of hydrogen-bond donors (Lipinski definition) is 7. The maximum absolute atomic E-state index is 13.3. The van der Waals surface area contributed by atoms with Crippen molar-refractivity contribution in [2.45, 2.75) is 27.7 Å². The van der Waals surface area contributed by atoms with Crippen LogP contribution in [-0.4, -0.2) is 122 Å². The van der Waals surface area contributed by atoms with E-state index in [0.29, 0.717) is 10.6 Å². The largest absolute Gasteiger partial charge is 0.505 e. The standard InChI is InChI=1S/C37H32N8O17S3.O3S/c1-19-2-9-24(31(16-19)64(55,56)57)38-41-27-17-30(62-15-13-47)28(18-29(27)61-14-12-46)42-39-25-10-8-23-22(34(25)48)7-11-26(35(23)65(58,59)60)40-43-32-33(37(50)51)44-45(36(32)49)20-3-5-21(6-4-20)63(52,53)54;1-4(2)3/h2-11,16-18,32,46-48H,12-15H2,1H3,(H,50,51)(H,52,53,54)(H,55,56,57)(H,58,59,60);. The second kappa shape index (κ2) is 21.6. The minimum atomic E-state index is -5.23. The number of carboxylic acid groups (broad SMARTS) is 1. The SMILES string of the molecule is Cc1ccc(N=Nc2cc(OCCO)c(N=Nc3ccc4c(S(=O)(=O)O)c(N=NC5C(=O)N(c6ccc(S(=O)(=O)O)cc6)N=C5C(=O)O)ccc4c3O)cc2OCCO)c(S(=O)(=O)O)c1.O=S(=O)=O. The number of anilines is 1. The average Bonchev–Trinajstić information content (AvgIpc) is 3.60. The molecule has 1 heterocycles. The number of nitrogens with zero attached hydrogens (tertiary/aromatic N) is 8. The van der Waals surface area contributed by atoms with Crippen molar-refractivity contribution in [1.82, 2.24) is 0 Å². The van der Waals surface area contributed by atoms with Gasteiger partial charge in [-0.15, -0.1) is 33.1 Å². The van der Waals surface area contributed by atoms with E-state index in [9.17, 15) is 68.9 Å². The molecule has 5 aromatic carbocycles. The molecule has 1 aliphatic rings. The summed E-state index contributed by atoms with van der Waals surface area (Å²) in [5, 5.41) is 67.3. The van der Waals surface area contributed by atoms with Crippen molar-refractivity contribution >= 4 is 103 Å². The number of aliphatic carboxylic acids is 1. The fourth-order valence-electron chi connectivity index (χ4n) is 5.91. The summed E-state index contributed by atoms with van der Waals surface area (Å²) in [5.74, 6) is -3.73. The molecule has 0 radical (unpaired) electrons. The number of aliphatic hydroxyl groups is 2. The topological polar surface area (TPSA) is 438 Å². The number of hydrogen-bond acceptors (Lipinski definition) is 23. The lowest BCUT2D eigenvalue weighted by atomic mass is 10.1. The van der Waals surface area contributed by atoms with Gasteiger partial charge < -0.3 is 29.9 Å². The molecule has 0 fully saturated rings. The molecule has 32 heteroatoms. The van der Waals surface area contributed by atoms with Gasteiger partial charge in [0.05, 0.1) is 23.8 Å². The quantitative estimate of drug-likeness (QED) is 0.0509. The molecule has 0 bridgehead atoms. The number of phenols is 1. The second-order valence-corrected chi connectivity index (χ2v) is 18.0. The van der Waals surface area contributed by atoms with Crippen LogP contribution in [-0.2, 0) is 50.6 Å². The Balaban J connectivity index is 0.00000213. The van der Waals surface area contributed by atoms with Crippen molar-refractivity contribution in [3.8, 4) is 17.2 Å². The van der Waals surface area contributed by atoms with Crippen LogP contribution in [0.2, 0.25) is 0 Å². The number of ether oxygens (including phenoxy) is 2. The van der Waals surface area contributed by atoms with E-state index >= 15 is 0 Å². The molecule has 28 nitrogen and oxygen atoms in total. The zero-order valence-corrected chi connectivity index (χ0v) is 37.8. The number of carbonyl (C=O) groups is 2. The molecule has 69 heavy (non-hydrogen) atoms. The second-order valence-electron chi connectivity index (χ2n) is 13.4. The molecule has 0 saturated heterocycles. The van der Waals surface area contributed by atoms with Crippen LogP contribution in [0.25, 0.3) is 10.8 Å². The monoisotopic (exact) mass is 1040 g/mol. The number of hydrazone groups is 1. The van der Waals surface area contributed by atoms with Crippen LogP contribution in [0.15, 0.2) is 129 Å². The van der Waals surface area contributed by atoms with E-state index in [4.69, 9.17) is 22.1 Å².